The highest BCUT2D eigenvalue weighted by atomic mass is 16.5. The Balaban J connectivity index is 1.96. The van der Waals surface area contributed by atoms with Crippen molar-refractivity contribution >= 4 is 17.5 Å². The zero-order chi connectivity index (χ0) is 18.9. The maximum absolute atomic E-state index is 12.5. The Hall–Kier alpha value is -3.02. The topological polar surface area (TPSA) is 67.9 Å². The molecule has 0 saturated heterocycles. The number of carbonyl (C=O) groups is 2. The summed E-state index contributed by atoms with van der Waals surface area (Å²) in [7, 11) is 3.15. The van der Waals surface area contributed by atoms with Gasteiger partial charge in [0.05, 0.1) is 27.2 Å². The molecular formula is C20H24N2O4. The van der Waals surface area contributed by atoms with Crippen molar-refractivity contribution in [3.05, 3.63) is 54.1 Å². The molecule has 0 aromatic heterocycles. The van der Waals surface area contributed by atoms with Crippen LogP contribution < -0.4 is 14.8 Å². The normalized spacial score (nSPS) is 10.1. The van der Waals surface area contributed by atoms with Gasteiger partial charge in [0.15, 0.2) is 0 Å². The molecular weight excluding hydrogens is 332 g/mol. The van der Waals surface area contributed by atoms with E-state index < -0.39 is 0 Å². The lowest BCUT2D eigenvalue weighted by Gasteiger charge is -2.20. The molecule has 0 aliphatic rings. The Morgan fingerprint density at radius 3 is 2.31 bits per heavy atom. The highest BCUT2D eigenvalue weighted by molar-refractivity contribution is 5.94. The summed E-state index contributed by atoms with van der Waals surface area (Å²) in [5.41, 5.74) is 1.48. The number of carbonyl (C=O) groups excluding carboxylic acids is 2. The van der Waals surface area contributed by atoms with Crippen molar-refractivity contribution in [2.45, 2.75) is 13.3 Å². The number of amides is 2. The minimum Gasteiger partial charge on any atom is -0.497 e. The molecule has 0 saturated carbocycles. The van der Waals surface area contributed by atoms with Crippen molar-refractivity contribution in [1.29, 1.82) is 0 Å². The highest BCUT2D eigenvalue weighted by Gasteiger charge is 2.16. The number of anilines is 1. The first-order chi connectivity index (χ1) is 12.5. The van der Waals surface area contributed by atoms with Gasteiger partial charge in [-0.2, -0.15) is 0 Å². The van der Waals surface area contributed by atoms with Crippen LogP contribution in [0.2, 0.25) is 0 Å². The van der Waals surface area contributed by atoms with E-state index in [1.54, 1.807) is 38.5 Å². The summed E-state index contributed by atoms with van der Waals surface area (Å²) in [4.78, 5) is 26.3. The van der Waals surface area contributed by atoms with Crippen molar-refractivity contribution in [2.75, 3.05) is 32.6 Å². The number of methoxy groups -OCH3 is 2. The summed E-state index contributed by atoms with van der Waals surface area (Å²) in [5.74, 6) is 0.999. The van der Waals surface area contributed by atoms with Gasteiger partial charge in [-0.1, -0.05) is 18.2 Å². The molecule has 0 atom stereocenters. The molecule has 0 spiro atoms. The molecule has 0 bridgehead atoms. The van der Waals surface area contributed by atoms with Gasteiger partial charge in [0.2, 0.25) is 11.8 Å². The quantitative estimate of drug-likeness (QED) is 0.790. The lowest BCUT2D eigenvalue weighted by atomic mass is 10.1. The molecule has 0 radical (unpaired) electrons. The molecule has 0 unspecified atom stereocenters. The van der Waals surface area contributed by atoms with E-state index in [1.807, 2.05) is 31.2 Å². The van der Waals surface area contributed by atoms with E-state index in [0.717, 1.165) is 5.56 Å². The minimum absolute atomic E-state index is 0.00346. The van der Waals surface area contributed by atoms with E-state index >= 15 is 0 Å². The highest BCUT2D eigenvalue weighted by Crippen LogP contribution is 2.17. The van der Waals surface area contributed by atoms with Crippen LogP contribution in [0.25, 0.3) is 0 Å². The van der Waals surface area contributed by atoms with Crippen molar-refractivity contribution in [1.82, 2.24) is 4.90 Å². The predicted octanol–water partition coefficient (Wildman–Crippen LogP) is 2.73. The zero-order valence-electron chi connectivity index (χ0n) is 15.3. The van der Waals surface area contributed by atoms with Crippen LogP contribution in [0.4, 0.5) is 5.69 Å². The molecule has 6 nitrogen and oxygen atoms in total. The van der Waals surface area contributed by atoms with E-state index in [0.29, 0.717) is 23.7 Å². The van der Waals surface area contributed by atoms with Gasteiger partial charge >= 0.3 is 0 Å². The lowest BCUT2D eigenvalue weighted by Crippen LogP contribution is -2.38. The molecule has 2 amide bonds. The summed E-state index contributed by atoms with van der Waals surface area (Å²) in [5, 5.41) is 2.79. The first kappa shape index (κ1) is 19.3. The van der Waals surface area contributed by atoms with Crippen molar-refractivity contribution in [3.8, 4) is 11.5 Å². The first-order valence-electron chi connectivity index (χ1n) is 8.40. The second-order valence-electron chi connectivity index (χ2n) is 5.72. The standard InChI is InChI=1S/C20H24N2O4/c1-4-22(20(24)12-15-7-5-9-17(11-15)25-2)14-19(23)21-16-8-6-10-18(13-16)26-3/h5-11,13H,4,12,14H2,1-3H3,(H,21,23). The number of nitrogens with zero attached hydrogens (tertiary/aromatic N) is 1. The third-order valence-electron chi connectivity index (χ3n) is 3.91. The molecule has 1 N–H and O–H groups in total. The third-order valence-corrected chi connectivity index (χ3v) is 3.91. The maximum atomic E-state index is 12.5. The van der Waals surface area contributed by atoms with Crippen LogP contribution in [0.15, 0.2) is 48.5 Å². The predicted molar refractivity (Wildman–Crippen MR) is 101 cm³/mol. The van der Waals surface area contributed by atoms with Gasteiger partial charge in [-0.15, -0.1) is 0 Å². The maximum Gasteiger partial charge on any atom is 0.243 e. The van der Waals surface area contributed by atoms with Crippen LogP contribution in [-0.4, -0.2) is 44.0 Å². The van der Waals surface area contributed by atoms with Crippen LogP contribution in [-0.2, 0) is 16.0 Å². The number of ether oxygens (including phenoxy) is 2. The summed E-state index contributed by atoms with van der Waals surface area (Å²) in [6, 6.07) is 14.4. The third kappa shape index (κ3) is 5.51. The van der Waals surface area contributed by atoms with E-state index in [-0.39, 0.29) is 24.8 Å². The van der Waals surface area contributed by atoms with Crippen LogP contribution in [0.3, 0.4) is 0 Å². The van der Waals surface area contributed by atoms with E-state index in [9.17, 15) is 9.59 Å². The van der Waals surface area contributed by atoms with Crippen molar-refractivity contribution in [3.63, 3.8) is 0 Å². The second-order valence-corrected chi connectivity index (χ2v) is 5.72. The summed E-state index contributed by atoms with van der Waals surface area (Å²) in [6.07, 6.45) is 0.220. The van der Waals surface area contributed by atoms with E-state index in [2.05, 4.69) is 5.32 Å². The van der Waals surface area contributed by atoms with Gasteiger partial charge in [-0.3, -0.25) is 9.59 Å². The average molecular weight is 356 g/mol. The lowest BCUT2D eigenvalue weighted by molar-refractivity contribution is -0.133. The summed E-state index contributed by atoms with van der Waals surface area (Å²) >= 11 is 0. The van der Waals surface area contributed by atoms with Crippen LogP contribution in [0.5, 0.6) is 11.5 Å². The van der Waals surface area contributed by atoms with E-state index in [4.69, 9.17) is 9.47 Å². The SMILES string of the molecule is CCN(CC(=O)Nc1cccc(OC)c1)C(=O)Cc1cccc(OC)c1. The fourth-order valence-electron chi connectivity index (χ4n) is 2.52. The second kappa shape index (κ2) is 9.46. The van der Waals surface area contributed by atoms with Gasteiger partial charge in [0, 0.05) is 18.3 Å². The van der Waals surface area contributed by atoms with Gasteiger partial charge < -0.3 is 19.7 Å². The summed E-state index contributed by atoms with van der Waals surface area (Å²) < 4.78 is 10.3. The van der Waals surface area contributed by atoms with Gasteiger partial charge in [-0.25, -0.2) is 0 Å². The monoisotopic (exact) mass is 356 g/mol. The molecule has 26 heavy (non-hydrogen) atoms. The number of rotatable bonds is 8. The van der Waals surface area contributed by atoms with Crippen molar-refractivity contribution < 1.29 is 19.1 Å². The molecule has 0 aliphatic carbocycles. The number of nitrogens with one attached hydrogen (secondary N) is 1. The van der Waals surface area contributed by atoms with Crippen LogP contribution in [0, 0.1) is 0 Å². The molecule has 2 aromatic rings. The molecule has 2 aromatic carbocycles. The fourth-order valence-corrected chi connectivity index (χ4v) is 2.52. The Kier molecular flexibility index (Phi) is 7.02. The number of hydrogen-bond acceptors (Lipinski definition) is 4. The van der Waals surface area contributed by atoms with Gasteiger partial charge in [0.1, 0.15) is 11.5 Å². The van der Waals surface area contributed by atoms with Crippen LogP contribution >= 0.6 is 0 Å². The Bertz CT molecular complexity index is 761. The first-order valence-corrected chi connectivity index (χ1v) is 8.40. The molecule has 138 valence electrons. The number of likely N-dealkylation sites (N-methyl/N-ethyl adjacent to an activating group) is 1. The smallest absolute Gasteiger partial charge is 0.243 e. The molecule has 0 aliphatic heterocycles. The van der Waals surface area contributed by atoms with E-state index in [1.165, 1.54) is 4.90 Å². The number of hydrogen-bond donors (Lipinski definition) is 1. The Morgan fingerprint density at radius 1 is 1.00 bits per heavy atom. The molecule has 0 heterocycles. The van der Waals surface area contributed by atoms with Crippen LogP contribution in [0.1, 0.15) is 12.5 Å². The zero-order valence-corrected chi connectivity index (χ0v) is 15.3. The average Bonchev–Trinajstić information content (AvgIpc) is 2.66. The Labute approximate surface area is 153 Å². The molecule has 0 fully saturated rings. The molecule has 2 rings (SSSR count). The van der Waals surface area contributed by atoms with Crippen molar-refractivity contribution in [2.24, 2.45) is 0 Å². The van der Waals surface area contributed by atoms with Gasteiger partial charge in [-0.05, 0) is 36.8 Å². The van der Waals surface area contributed by atoms with Gasteiger partial charge in [0.25, 0.3) is 0 Å². The Morgan fingerprint density at radius 2 is 1.65 bits per heavy atom. The largest absolute Gasteiger partial charge is 0.497 e. The minimum atomic E-state index is -0.251. The molecule has 6 heteroatoms. The number of benzene rings is 2. The summed E-state index contributed by atoms with van der Waals surface area (Å²) in [6.45, 7) is 2.30. The fraction of sp³-hybridized carbons (Fsp3) is 0.300.